The average Bonchev–Trinajstić information content (AvgIpc) is 2.45. The maximum Gasteiger partial charge on any atom is 0.0717 e. The molecule has 2 nitrogen and oxygen atoms in total. The summed E-state index contributed by atoms with van der Waals surface area (Å²) in [7, 11) is 0. The Morgan fingerprint density at radius 1 is 0.889 bits per heavy atom. The van der Waals surface area contributed by atoms with Crippen molar-refractivity contribution in [1.29, 1.82) is 0 Å². The van der Waals surface area contributed by atoms with E-state index in [9.17, 15) is 0 Å². The molecule has 0 spiro atoms. The van der Waals surface area contributed by atoms with Crippen LogP contribution in [0.3, 0.4) is 0 Å². The highest BCUT2D eigenvalue weighted by Gasteiger charge is 1.90. The lowest BCUT2D eigenvalue weighted by atomic mass is 10.2. The first-order chi connectivity index (χ1) is 8.95. The van der Waals surface area contributed by atoms with Gasteiger partial charge in [0, 0.05) is 6.21 Å². The Balaban J connectivity index is 1.63. The number of ether oxygens (including phenoxy) is 1. The second-order valence-corrected chi connectivity index (χ2v) is 3.98. The minimum atomic E-state index is 0.651. The summed E-state index contributed by atoms with van der Waals surface area (Å²) >= 11 is 0. The molecule has 0 aliphatic rings. The van der Waals surface area contributed by atoms with E-state index in [0.717, 1.165) is 5.56 Å². The van der Waals surface area contributed by atoms with Crippen LogP contribution in [-0.2, 0) is 11.3 Å². The van der Waals surface area contributed by atoms with Crippen molar-refractivity contribution < 1.29 is 4.74 Å². The zero-order valence-corrected chi connectivity index (χ0v) is 10.3. The minimum Gasteiger partial charge on any atom is -0.375 e. The van der Waals surface area contributed by atoms with Crippen LogP contribution >= 0.6 is 0 Å². The average molecular weight is 239 g/mol. The lowest BCUT2D eigenvalue weighted by molar-refractivity contribution is 0.128. The van der Waals surface area contributed by atoms with E-state index in [4.69, 9.17) is 4.74 Å². The van der Waals surface area contributed by atoms with Crippen molar-refractivity contribution in [2.45, 2.75) is 6.61 Å². The highest BCUT2D eigenvalue weighted by atomic mass is 16.5. The molecule has 0 amide bonds. The van der Waals surface area contributed by atoms with Gasteiger partial charge in [0.25, 0.3) is 0 Å². The maximum absolute atomic E-state index is 5.54. The fraction of sp³-hybridized carbons (Fsp3) is 0.188. The molecule has 0 heterocycles. The first kappa shape index (κ1) is 12.5. The summed E-state index contributed by atoms with van der Waals surface area (Å²) < 4.78 is 5.54. The van der Waals surface area contributed by atoms with E-state index in [-0.39, 0.29) is 0 Å². The van der Waals surface area contributed by atoms with E-state index in [2.05, 4.69) is 17.1 Å². The van der Waals surface area contributed by atoms with Gasteiger partial charge in [0.05, 0.1) is 19.8 Å². The van der Waals surface area contributed by atoms with E-state index in [1.807, 2.05) is 54.7 Å². The van der Waals surface area contributed by atoms with E-state index >= 15 is 0 Å². The molecule has 2 heteroatoms. The summed E-state index contributed by atoms with van der Waals surface area (Å²) in [6, 6.07) is 20.3. The van der Waals surface area contributed by atoms with E-state index in [0.29, 0.717) is 19.8 Å². The van der Waals surface area contributed by atoms with Crippen LogP contribution in [0.2, 0.25) is 0 Å². The molecule has 0 unspecified atom stereocenters. The van der Waals surface area contributed by atoms with Gasteiger partial charge in [-0.15, -0.1) is 0 Å². The van der Waals surface area contributed by atoms with Gasteiger partial charge >= 0.3 is 0 Å². The fourth-order valence-electron chi connectivity index (χ4n) is 1.59. The highest BCUT2D eigenvalue weighted by molar-refractivity contribution is 5.79. The largest absolute Gasteiger partial charge is 0.375 e. The van der Waals surface area contributed by atoms with Crippen molar-refractivity contribution in [2.24, 2.45) is 4.99 Å². The topological polar surface area (TPSA) is 21.6 Å². The van der Waals surface area contributed by atoms with Gasteiger partial charge in [0.15, 0.2) is 0 Å². The number of hydrogen-bond donors (Lipinski definition) is 0. The SMILES string of the molecule is C(=NCCOCc1ccccc1)c1ccccc1. The van der Waals surface area contributed by atoms with Crippen LogP contribution in [-0.4, -0.2) is 19.4 Å². The second kappa shape index (κ2) is 7.41. The molecule has 0 radical (unpaired) electrons. The van der Waals surface area contributed by atoms with Crippen LogP contribution in [0, 0.1) is 0 Å². The Bertz CT molecular complexity index is 465. The number of nitrogens with zero attached hydrogens (tertiary/aromatic N) is 1. The predicted molar refractivity (Wildman–Crippen MR) is 75.0 cm³/mol. The summed E-state index contributed by atoms with van der Waals surface area (Å²) in [5.74, 6) is 0. The van der Waals surface area contributed by atoms with Crippen LogP contribution in [0.5, 0.6) is 0 Å². The number of rotatable bonds is 6. The van der Waals surface area contributed by atoms with Crippen molar-refractivity contribution in [3.05, 3.63) is 71.8 Å². The lowest BCUT2D eigenvalue weighted by Crippen LogP contribution is -1.98. The predicted octanol–water partition coefficient (Wildman–Crippen LogP) is 3.32. The maximum atomic E-state index is 5.54. The Morgan fingerprint density at radius 3 is 2.28 bits per heavy atom. The van der Waals surface area contributed by atoms with Crippen LogP contribution in [0.1, 0.15) is 11.1 Å². The molecular formula is C16H17NO. The summed E-state index contributed by atoms with van der Waals surface area (Å²) in [5.41, 5.74) is 2.32. The first-order valence-electron chi connectivity index (χ1n) is 6.12. The molecule has 2 rings (SSSR count). The molecule has 0 aromatic heterocycles. The standard InChI is InChI=1S/C16H17NO/c1-3-7-15(8-4-1)13-17-11-12-18-14-16-9-5-2-6-10-16/h1-10,13H,11-12,14H2. The van der Waals surface area contributed by atoms with Crippen molar-refractivity contribution in [1.82, 2.24) is 0 Å². The molecule has 2 aromatic carbocycles. The van der Waals surface area contributed by atoms with Crippen LogP contribution in [0.4, 0.5) is 0 Å². The summed E-state index contributed by atoms with van der Waals surface area (Å²) in [5, 5.41) is 0. The number of aliphatic imine (C=N–C) groups is 1. The third-order valence-corrected chi connectivity index (χ3v) is 2.52. The Hall–Kier alpha value is -1.93. The van der Waals surface area contributed by atoms with Gasteiger partial charge in [-0.3, -0.25) is 4.99 Å². The van der Waals surface area contributed by atoms with Crippen molar-refractivity contribution in [2.75, 3.05) is 13.2 Å². The van der Waals surface area contributed by atoms with Gasteiger partial charge < -0.3 is 4.74 Å². The van der Waals surface area contributed by atoms with Gasteiger partial charge in [-0.25, -0.2) is 0 Å². The summed E-state index contributed by atoms with van der Waals surface area (Å²) in [6.45, 7) is 2.00. The smallest absolute Gasteiger partial charge is 0.0717 e. The van der Waals surface area contributed by atoms with Crippen LogP contribution in [0.15, 0.2) is 65.7 Å². The van der Waals surface area contributed by atoms with Crippen molar-refractivity contribution in [3.63, 3.8) is 0 Å². The molecule has 0 bridgehead atoms. The number of hydrogen-bond acceptors (Lipinski definition) is 2. The van der Waals surface area contributed by atoms with Crippen molar-refractivity contribution >= 4 is 6.21 Å². The molecular weight excluding hydrogens is 222 g/mol. The highest BCUT2D eigenvalue weighted by Crippen LogP contribution is 2.00. The second-order valence-electron chi connectivity index (χ2n) is 3.98. The van der Waals surface area contributed by atoms with Gasteiger partial charge in [0.2, 0.25) is 0 Å². The molecule has 2 aromatic rings. The molecule has 0 aliphatic heterocycles. The molecule has 0 N–H and O–H groups in total. The zero-order chi connectivity index (χ0) is 12.5. The lowest BCUT2D eigenvalue weighted by Gasteiger charge is -2.01. The Labute approximate surface area is 108 Å². The van der Waals surface area contributed by atoms with Crippen LogP contribution < -0.4 is 0 Å². The monoisotopic (exact) mass is 239 g/mol. The number of benzene rings is 2. The molecule has 0 aliphatic carbocycles. The van der Waals surface area contributed by atoms with E-state index in [1.54, 1.807) is 0 Å². The quantitative estimate of drug-likeness (QED) is 0.559. The fourth-order valence-corrected chi connectivity index (χ4v) is 1.59. The minimum absolute atomic E-state index is 0.651. The summed E-state index contributed by atoms with van der Waals surface area (Å²) in [4.78, 5) is 4.32. The molecule has 0 saturated heterocycles. The molecule has 92 valence electrons. The van der Waals surface area contributed by atoms with Gasteiger partial charge in [0.1, 0.15) is 0 Å². The normalized spacial score (nSPS) is 10.9. The third kappa shape index (κ3) is 4.52. The van der Waals surface area contributed by atoms with Crippen LogP contribution in [0.25, 0.3) is 0 Å². The molecule has 0 saturated carbocycles. The Morgan fingerprint density at radius 2 is 1.56 bits per heavy atom. The van der Waals surface area contributed by atoms with E-state index in [1.165, 1.54) is 5.56 Å². The zero-order valence-electron chi connectivity index (χ0n) is 10.3. The van der Waals surface area contributed by atoms with Gasteiger partial charge in [-0.2, -0.15) is 0 Å². The Kier molecular flexibility index (Phi) is 5.15. The molecule has 0 fully saturated rings. The summed E-state index contributed by atoms with van der Waals surface area (Å²) in [6.07, 6.45) is 1.88. The van der Waals surface area contributed by atoms with Crippen molar-refractivity contribution in [3.8, 4) is 0 Å². The third-order valence-electron chi connectivity index (χ3n) is 2.52. The molecule has 0 atom stereocenters. The molecule has 18 heavy (non-hydrogen) atoms. The van der Waals surface area contributed by atoms with Gasteiger partial charge in [-0.05, 0) is 11.1 Å². The first-order valence-corrected chi connectivity index (χ1v) is 6.12. The van der Waals surface area contributed by atoms with Gasteiger partial charge in [-0.1, -0.05) is 60.7 Å². The van der Waals surface area contributed by atoms with E-state index < -0.39 is 0 Å².